The molecule has 0 saturated heterocycles. The normalized spacial score (nSPS) is 13.4. The van der Waals surface area contributed by atoms with Gasteiger partial charge >= 0.3 is 0 Å². The summed E-state index contributed by atoms with van der Waals surface area (Å²) in [6.07, 6.45) is 4.54. The van der Waals surface area contributed by atoms with Crippen LogP contribution >= 0.6 is 11.6 Å². The number of H-pyrrole nitrogens is 1. The molecule has 26 heavy (non-hydrogen) atoms. The van der Waals surface area contributed by atoms with Gasteiger partial charge in [0.2, 0.25) is 5.91 Å². The number of aromatic nitrogens is 4. The quantitative estimate of drug-likeness (QED) is 0.669. The molecule has 0 aliphatic heterocycles. The van der Waals surface area contributed by atoms with E-state index in [1.165, 1.54) is 0 Å². The third kappa shape index (κ3) is 3.96. The first kappa shape index (κ1) is 18.2. The summed E-state index contributed by atoms with van der Waals surface area (Å²) in [7, 11) is 0. The average Bonchev–Trinajstić information content (AvgIpc) is 3.30. The van der Waals surface area contributed by atoms with E-state index in [1.54, 1.807) is 10.9 Å². The van der Waals surface area contributed by atoms with E-state index in [9.17, 15) is 4.79 Å². The predicted molar refractivity (Wildman–Crippen MR) is 103 cm³/mol. The summed E-state index contributed by atoms with van der Waals surface area (Å²) >= 11 is 6.02. The van der Waals surface area contributed by atoms with E-state index in [0.717, 1.165) is 23.4 Å². The zero-order valence-electron chi connectivity index (χ0n) is 15.0. The topological polar surface area (TPSA) is 75.6 Å². The molecule has 1 amide bonds. The summed E-state index contributed by atoms with van der Waals surface area (Å²) in [5.41, 5.74) is 2.69. The first-order valence-electron chi connectivity index (χ1n) is 8.64. The van der Waals surface area contributed by atoms with Crippen molar-refractivity contribution in [1.29, 1.82) is 0 Å². The van der Waals surface area contributed by atoms with Crippen molar-refractivity contribution in [1.82, 2.24) is 20.0 Å². The van der Waals surface area contributed by atoms with Gasteiger partial charge in [0, 0.05) is 28.5 Å². The molecule has 0 fully saturated rings. The van der Waals surface area contributed by atoms with Crippen LogP contribution in [-0.2, 0) is 4.79 Å². The number of hydrogen-bond acceptors (Lipinski definition) is 3. The second-order valence-corrected chi connectivity index (χ2v) is 6.86. The standard InChI is InChI=1S/C19H22ClN5O/c1-4-12(2)17-9-18(24-23-17)22-19(26)13(3)14-10-21-25(11-14)16-7-5-6-15(20)8-16/h5-13H,4H2,1-3H3,(H2,22,23,24,26). The maximum atomic E-state index is 12.5. The van der Waals surface area contributed by atoms with Crippen molar-refractivity contribution < 1.29 is 4.79 Å². The van der Waals surface area contributed by atoms with Gasteiger partial charge in [-0.15, -0.1) is 0 Å². The van der Waals surface area contributed by atoms with Crippen LogP contribution in [0.4, 0.5) is 5.82 Å². The smallest absolute Gasteiger partial charge is 0.232 e. The predicted octanol–water partition coefficient (Wildman–Crippen LogP) is 4.50. The lowest BCUT2D eigenvalue weighted by Crippen LogP contribution is -2.18. The Balaban J connectivity index is 1.70. The molecule has 0 aliphatic rings. The second-order valence-electron chi connectivity index (χ2n) is 6.43. The van der Waals surface area contributed by atoms with Gasteiger partial charge in [-0.25, -0.2) is 4.68 Å². The molecular formula is C19H22ClN5O. The minimum Gasteiger partial charge on any atom is -0.309 e. The molecule has 1 aromatic carbocycles. The molecule has 0 radical (unpaired) electrons. The lowest BCUT2D eigenvalue weighted by atomic mass is 10.0. The van der Waals surface area contributed by atoms with Crippen molar-refractivity contribution in [3.05, 3.63) is 59.0 Å². The number of amides is 1. The van der Waals surface area contributed by atoms with E-state index >= 15 is 0 Å². The van der Waals surface area contributed by atoms with Crippen LogP contribution in [0.1, 0.15) is 50.3 Å². The van der Waals surface area contributed by atoms with Crippen molar-refractivity contribution >= 4 is 23.3 Å². The Morgan fingerprint density at radius 3 is 2.88 bits per heavy atom. The highest BCUT2D eigenvalue weighted by Crippen LogP contribution is 2.22. The Bertz CT molecular complexity index is 901. The van der Waals surface area contributed by atoms with E-state index < -0.39 is 0 Å². The van der Waals surface area contributed by atoms with Crippen LogP contribution < -0.4 is 5.32 Å². The minimum absolute atomic E-state index is 0.127. The first-order valence-corrected chi connectivity index (χ1v) is 9.02. The molecule has 136 valence electrons. The highest BCUT2D eigenvalue weighted by molar-refractivity contribution is 6.30. The molecule has 3 aromatic rings. The van der Waals surface area contributed by atoms with Gasteiger partial charge in [0.25, 0.3) is 0 Å². The molecule has 3 rings (SSSR count). The number of halogens is 1. The maximum Gasteiger partial charge on any atom is 0.232 e. The van der Waals surface area contributed by atoms with Crippen LogP contribution in [-0.4, -0.2) is 25.9 Å². The van der Waals surface area contributed by atoms with E-state index in [0.29, 0.717) is 16.8 Å². The number of carbonyl (C=O) groups is 1. The van der Waals surface area contributed by atoms with Gasteiger partial charge in [0.05, 0.1) is 17.8 Å². The Kier molecular flexibility index (Phi) is 5.42. The van der Waals surface area contributed by atoms with E-state index in [4.69, 9.17) is 11.6 Å². The summed E-state index contributed by atoms with van der Waals surface area (Å²) in [6, 6.07) is 9.29. The van der Waals surface area contributed by atoms with Gasteiger partial charge in [-0.05, 0) is 37.5 Å². The van der Waals surface area contributed by atoms with Crippen LogP contribution in [0.15, 0.2) is 42.7 Å². The Morgan fingerprint density at radius 1 is 1.35 bits per heavy atom. The average molecular weight is 372 g/mol. The summed E-state index contributed by atoms with van der Waals surface area (Å²) < 4.78 is 1.71. The maximum absolute atomic E-state index is 12.5. The molecule has 0 aliphatic carbocycles. The molecule has 2 atom stereocenters. The molecule has 2 N–H and O–H groups in total. The van der Waals surface area contributed by atoms with Crippen LogP contribution in [0.3, 0.4) is 0 Å². The first-order chi connectivity index (χ1) is 12.5. The van der Waals surface area contributed by atoms with Crippen molar-refractivity contribution in [3.63, 3.8) is 0 Å². The number of hydrogen-bond donors (Lipinski definition) is 2. The molecule has 2 unspecified atom stereocenters. The molecule has 0 bridgehead atoms. The van der Waals surface area contributed by atoms with Crippen molar-refractivity contribution in [2.45, 2.75) is 39.0 Å². The van der Waals surface area contributed by atoms with Gasteiger partial charge in [0.1, 0.15) is 0 Å². The third-order valence-corrected chi connectivity index (χ3v) is 4.80. The molecule has 7 heteroatoms. The fourth-order valence-corrected chi connectivity index (χ4v) is 2.76. The van der Waals surface area contributed by atoms with E-state index in [2.05, 4.69) is 34.5 Å². The molecular weight excluding hydrogens is 350 g/mol. The number of nitrogens with one attached hydrogen (secondary N) is 2. The van der Waals surface area contributed by atoms with Crippen molar-refractivity contribution in [3.8, 4) is 5.69 Å². The Morgan fingerprint density at radius 2 is 2.15 bits per heavy atom. The van der Waals surface area contributed by atoms with Gasteiger partial charge in [-0.3, -0.25) is 9.89 Å². The van der Waals surface area contributed by atoms with Crippen LogP contribution in [0.5, 0.6) is 0 Å². The molecule has 6 nitrogen and oxygen atoms in total. The summed E-state index contributed by atoms with van der Waals surface area (Å²) in [6.45, 7) is 6.08. The number of benzene rings is 1. The lowest BCUT2D eigenvalue weighted by molar-refractivity contribution is -0.117. The van der Waals surface area contributed by atoms with Crippen LogP contribution in [0.2, 0.25) is 5.02 Å². The number of anilines is 1. The zero-order chi connectivity index (χ0) is 18.7. The van der Waals surface area contributed by atoms with Crippen molar-refractivity contribution in [2.24, 2.45) is 0 Å². The second kappa shape index (κ2) is 7.74. The fourth-order valence-electron chi connectivity index (χ4n) is 2.58. The fraction of sp³-hybridized carbons (Fsp3) is 0.316. The highest BCUT2D eigenvalue weighted by Gasteiger charge is 2.19. The van der Waals surface area contributed by atoms with Crippen molar-refractivity contribution in [2.75, 3.05) is 5.32 Å². The van der Waals surface area contributed by atoms with Crippen LogP contribution in [0, 0.1) is 0 Å². The number of carbonyl (C=O) groups excluding carboxylic acids is 1. The van der Waals surface area contributed by atoms with E-state index in [1.807, 2.05) is 43.5 Å². The molecule has 2 aromatic heterocycles. The molecule has 0 saturated carbocycles. The van der Waals surface area contributed by atoms with Crippen LogP contribution in [0.25, 0.3) is 5.69 Å². The lowest BCUT2D eigenvalue weighted by Gasteiger charge is -2.08. The largest absolute Gasteiger partial charge is 0.309 e. The van der Waals surface area contributed by atoms with E-state index in [-0.39, 0.29) is 11.8 Å². The van der Waals surface area contributed by atoms with Gasteiger partial charge in [0.15, 0.2) is 5.82 Å². The Labute approximate surface area is 157 Å². The molecule has 0 spiro atoms. The number of nitrogens with zero attached hydrogens (tertiary/aromatic N) is 3. The monoisotopic (exact) mass is 371 g/mol. The highest BCUT2D eigenvalue weighted by atomic mass is 35.5. The minimum atomic E-state index is -0.355. The van der Waals surface area contributed by atoms with Gasteiger partial charge in [-0.1, -0.05) is 31.5 Å². The Hall–Kier alpha value is -2.60. The third-order valence-electron chi connectivity index (χ3n) is 4.56. The van der Waals surface area contributed by atoms with Gasteiger partial charge in [-0.2, -0.15) is 10.2 Å². The number of aromatic amines is 1. The summed E-state index contributed by atoms with van der Waals surface area (Å²) in [5.74, 6) is 0.436. The van der Waals surface area contributed by atoms with Gasteiger partial charge < -0.3 is 5.32 Å². The molecule has 2 heterocycles. The summed E-state index contributed by atoms with van der Waals surface area (Å²) in [5, 5.41) is 15.0. The zero-order valence-corrected chi connectivity index (χ0v) is 15.8. The summed E-state index contributed by atoms with van der Waals surface area (Å²) in [4.78, 5) is 12.5. The SMILES string of the molecule is CCC(C)c1cc(NC(=O)C(C)c2cnn(-c3cccc(Cl)c3)c2)n[nH]1. The number of rotatable bonds is 6.